The molecule has 0 bridgehead atoms. The van der Waals surface area contributed by atoms with E-state index in [1.165, 1.54) is 11.3 Å². The normalized spacial score (nSPS) is 13.4. The van der Waals surface area contributed by atoms with Gasteiger partial charge in [-0.2, -0.15) is 0 Å². The van der Waals surface area contributed by atoms with E-state index >= 15 is 0 Å². The second-order valence-corrected chi connectivity index (χ2v) is 5.83. The number of anilines is 2. The highest BCUT2D eigenvalue weighted by Gasteiger charge is 2.19. The van der Waals surface area contributed by atoms with Gasteiger partial charge >= 0.3 is 0 Å². The molecule has 0 saturated carbocycles. The van der Waals surface area contributed by atoms with Crippen LogP contribution in [0.4, 0.5) is 11.4 Å². The minimum absolute atomic E-state index is 0.0686. The fourth-order valence-corrected chi connectivity index (χ4v) is 3.03. The Bertz CT molecular complexity index is 709. The molecule has 1 aliphatic rings. The first-order valence-corrected chi connectivity index (χ1v) is 7.83. The second kappa shape index (κ2) is 6.28. The molecule has 0 amide bonds. The van der Waals surface area contributed by atoms with Crippen LogP contribution in [-0.4, -0.2) is 17.4 Å². The van der Waals surface area contributed by atoms with E-state index in [0.717, 1.165) is 25.1 Å². The SMILES string of the molecule is CC(=O)c1ccc(NC(=S)N2CCCc3ccccc32)cc1. The van der Waals surface area contributed by atoms with Crippen LogP contribution in [0.25, 0.3) is 0 Å². The number of carbonyl (C=O) groups is 1. The van der Waals surface area contributed by atoms with Crippen molar-refractivity contribution in [2.75, 3.05) is 16.8 Å². The van der Waals surface area contributed by atoms with Crippen molar-refractivity contribution in [2.24, 2.45) is 0 Å². The predicted molar refractivity (Wildman–Crippen MR) is 94.8 cm³/mol. The number of aryl methyl sites for hydroxylation is 1. The summed E-state index contributed by atoms with van der Waals surface area (Å²) in [6.07, 6.45) is 2.20. The van der Waals surface area contributed by atoms with Crippen molar-refractivity contribution in [1.82, 2.24) is 0 Å². The lowest BCUT2D eigenvalue weighted by molar-refractivity contribution is 0.101. The van der Waals surface area contributed by atoms with E-state index in [4.69, 9.17) is 12.2 Å². The highest BCUT2D eigenvalue weighted by atomic mass is 32.1. The number of fused-ring (bicyclic) bond motifs is 1. The summed E-state index contributed by atoms with van der Waals surface area (Å²) in [5.41, 5.74) is 4.13. The summed E-state index contributed by atoms with van der Waals surface area (Å²) >= 11 is 5.56. The Hall–Kier alpha value is -2.20. The van der Waals surface area contributed by atoms with Gasteiger partial charge in [0.1, 0.15) is 0 Å². The molecule has 1 heterocycles. The highest BCUT2D eigenvalue weighted by Crippen LogP contribution is 2.27. The maximum atomic E-state index is 11.3. The minimum atomic E-state index is 0.0686. The molecule has 1 aliphatic heterocycles. The first kappa shape index (κ1) is 14.7. The molecule has 0 aliphatic carbocycles. The van der Waals surface area contributed by atoms with Crippen LogP contribution in [0, 0.1) is 0 Å². The van der Waals surface area contributed by atoms with Gasteiger partial charge in [0, 0.05) is 23.5 Å². The Morgan fingerprint density at radius 2 is 1.86 bits per heavy atom. The van der Waals surface area contributed by atoms with Crippen molar-refractivity contribution >= 4 is 34.5 Å². The number of Topliss-reactive ketones (excluding diaryl/α,β-unsaturated/α-hetero) is 1. The van der Waals surface area contributed by atoms with Crippen LogP contribution in [0.2, 0.25) is 0 Å². The molecule has 112 valence electrons. The summed E-state index contributed by atoms with van der Waals surface area (Å²) in [4.78, 5) is 13.5. The van der Waals surface area contributed by atoms with Crippen LogP contribution in [0.15, 0.2) is 48.5 Å². The van der Waals surface area contributed by atoms with E-state index < -0.39 is 0 Å². The van der Waals surface area contributed by atoms with Gasteiger partial charge in [0.2, 0.25) is 0 Å². The number of carbonyl (C=O) groups excluding carboxylic acids is 1. The first-order chi connectivity index (χ1) is 10.6. The fraction of sp³-hybridized carbons (Fsp3) is 0.222. The summed E-state index contributed by atoms with van der Waals surface area (Å²) < 4.78 is 0. The number of para-hydroxylation sites is 1. The molecule has 0 radical (unpaired) electrons. The van der Waals surface area contributed by atoms with Gasteiger partial charge in [0.05, 0.1) is 0 Å². The van der Waals surface area contributed by atoms with Crippen molar-refractivity contribution < 1.29 is 4.79 Å². The lowest BCUT2D eigenvalue weighted by Gasteiger charge is -2.31. The van der Waals surface area contributed by atoms with Gasteiger partial charge in [-0.05, 0) is 67.9 Å². The lowest BCUT2D eigenvalue weighted by Crippen LogP contribution is -2.38. The predicted octanol–water partition coefficient (Wildman–Crippen LogP) is 4.04. The Kier molecular flexibility index (Phi) is 4.20. The first-order valence-electron chi connectivity index (χ1n) is 7.42. The van der Waals surface area contributed by atoms with Crippen LogP contribution < -0.4 is 10.2 Å². The monoisotopic (exact) mass is 310 g/mol. The van der Waals surface area contributed by atoms with Gasteiger partial charge in [-0.15, -0.1) is 0 Å². The molecule has 0 spiro atoms. The van der Waals surface area contributed by atoms with E-state index in [9.17, 15) is 4.79 Å². The van der Waals surface area contributed by atoms with Gasteiger partial charge in [0.25, 0.3) is 0 Å². The number of thiocarbonyl (C=S) groups is 1. The highest BCUT2D eigenvalue weighted by molar-refractivity contribution is 7.80. The van der Waals surface area contributed by atoms with Gasteiger partial charge in [-0.25, -0.2) is 0 Å². The average molecular weight is 310 g/mol. The summed E-state index contributed by atoms with van der Waals surface area (Å²) in [5.74, 6) is 0.0686. The van der Waals surface area contributed by atoms with Crippen molar-refractivity contribution in [3.05, 3.63) is 59.7 Å². The lowest BCUT2D eigenvalue weighted by atomic mass is 10.0. The number of nitrogens with zero attached hydrogens (tertiary/aromatic N) is 1. The molecule has 2 aromatic rings. The zero-order valence-corrected chi connectivity index (χ0v) is 13.3. The van der Waals surface area contributed by atoms with E-state index in [2.05, 4.69) is 28.4 Å². The molecule has 3 nitrogen and oxygen atoms in total. The van der Waals surface area contributed by atoms with Crippen LogP contribution >= 0.6 is 12.2 Å². The van der Waals surface area contributed by atoms with E-state index in [-0.39, 0.29) is 5.78 Å². The van der Waals surface area contributed by atoms with Gasteiger partial charge < -0.3 is 10.2 Å². The van der Waals surface area contributed by atoms with Crippen molar-refractivity contribution in [3.63, 3.8) is 0 Å². The Labute approximate surface area is 136 Å². The van der Waals surface area contributed by atoms with E-state index in [0.29, 0.717) is 10.7 Å². The third-order valence-electron chi connectivity index (χ3n) is 3.90. The van der Waals surface area contributed by atoms with Crippen LogP contribution in [0.1, 0.15) is 29.3 Å². The smallest absolute Gasteiger partial charge is 0.177 e. The maximum absolute atomic E-state index is 11.3. The number of nitrogens with one attached hydrogen (secondary N) is 1. The Morgan fingerprint density at radius 1 is 1.14 bits per heavy atom. The summed E-state index contributed by atoms with van der Waals surface area (Å²) in [6.45, 7) is 2.49. The van der Waals surface area contributed by atoms with Gasteiger partial charge in [-0.1, -0.05) is 18.2 Å². The van der Waals surface area contributed by atoms with Gasteiger partial charge in [-0.3, -0.25) is 4.79 Å². The number of rotatable bonds is 2. The van der Waals surface area contributed by atoms with Crippen LogP contribution in [0.3, 0.4) is 0 Å². The minimum Gasteiger partial charge on any atom is -0.332 e. The number of benzene rings is 2. The Balaban J connectivity index is 1.76. The molecular weight excluding hydrogens is 292 g/mol. The van der Waals surface area contributed by atoms with E-state index in [1.54, 1.807) is 6.92 Å². The third kappa shape index (κ3) is 3.02. The zero-order valence-electron chi connectivity index (χ0n) is 12.5. The second-order valence-electron chi connectivity index (χ2n) is 5.45. The standard InChI is InChI=1S/C18H18N2OS/c1-13(21)14-8-10-16(11-9-14)19-18(22)20-12-4-6-15-5-2-3-7-17(15)20/h2-3,5,7-11H,4,6,12H2,1H3,(H,19,22). The molecule has 4 heteroatoms. The molecule has 2 aromatic carbocycles. The molecule has 3 rings (SSSR count). The molecule has 1 N–H and O–H groups in total. The van der Waals surface area contributed by atoms with Crippen molar-refractivity contribution in [3.8, 4) is 0 Å². The quantitative estimate of drug-likeness (QED) is 0.670. The topological polar surface area (TPSA) is 32.3 Å². The number of hydrogen-bond donors (Lipinski definition) is 1. The largest absolute Gasteiger partial charge is 0.332 e. The van der Waals surface area contributed by atoms with Crippen LogP contribution in [0.5, 0.6) is 0 Å². The molecule has 0 atom stereocenters. The molecule has 22 heavy (non-hydrogen) atoms. The summed E-state index contributed by atoms with van der Waals surface area (Å²) in [7, 11) is 0. The van der Waals surface area contributed by atoms with Crippen molar-refractivity contribution in [1.29, 1.82) is 0 Å². The van der Waals surface area contributed by atoms with Gasteiger partial charge in [0.15, 0.2) is 10.9 Å². The Morgan fingerprint density at radius 3 is 2.59 bits per heavy atom. The molecule has 0 unspecified atom stereocenters. The maximum Gasteiger partial charge on any atom is 0.177 e. The molecular formula is C18H18N2OS. The summed E-state index contributed by atoms with van der Waals surface area (Å²) in [5, 5.41) is 3.96. The fourth-order valence-electron chi connectivity index (χ4n) is 2.72. The number of hydrogen-bond acceptors (Lipinski definition) is 2. The number of ketones is 1. The van der Waals surface area contributed by atoms with E-state index in [1.807, 2.05) is 30.3 Å². The van der Waals surface area contributed by atoms with Crippen LogP contribution in [-0.2, 0) is 6.42 Å². The summed E-state index contributed by atoms with van der Waals surface area (Å²) in [6, 6.07) is 15.8. The molecule has 0 aromatic heterocycles. The third-order valence-corrected chi connectivity index (χ3v) is 4.22. The average Bonchev–Trinajstić information content (AvgIpc) is 2.54. The zero-order chi connectivity index (χ0) is 15.5. The molecule has 0 saturated heterocycles. The van der Waals surface area contributed by atoms with Crippen molar-refractivity contribution in [2.45, 2.75) is 19.8 Å². The molecule has 0 fully saturated rings.